The number of Topliss-reactive ketones (excluding diaryl/α,β-unsaturated/α-hetero) is 1. The quantitative estimate of drug-likeness (QED) is 0.286. The molecule has 0 saturated heterocycles. The largest absolute Gasteiger partial charge is 0.323 e. The fourth-order valence-corrected chi connectivity index (χ4v) is 3.29. The van der Waals surface area contributed by atoms with E-state index in [9.17, 15) is 19.7 Å². The van der Waals surface area contributed by atoms with E-state index in [2.05, 4.69) is 10.3 Å². The minimum atomic E-state index is -0.557. The second-order valence-corrected chi connectivity index (χ2v) is 7.09. The number of carbonyl (C=O) groups excluding carboxylic acids is 2. The summed E-state index contributed by atoms with van der Waals surface area (Å²) in [5.74, 6) is -0.616. The minimum Gasteiger partial charge on any atom is -0.323 e. The third kappa shape index (κ3) is 4.18. The highest BCUT2D eigenvalue weighted by Gasteiger charge is 2.16. The van der Waals surface area contributed by atoms with Gasteiger partial charge >= 0.3 is 0 Å². The van der Waals surface area contributed by atoms with Crippen molar-refractivity contribution in [1.82, 2.24) is 9.55 Å². The van der Waals surface area contributed by atoms with Crippen molar-refractivity contribution in [2.75, 3.05) is 5.32 Å². The Balaban J connectivity index is 1.48. The lowest BCUT2D eigenvalue weighted by Gasteiger charge is -2.07. The van der Waals surface area contributed by atoms with Crippen molar-refractivity contribution in [2.45, 2.75) is 13.5 Å². The molecule has 0 radical (unpaired) electrons. The van der Waals surface area contributed by atoms with Crippen LogP contribution in [0.1, 0.15) is 26.3 Å². The molecule has 0 atom stereocenters. The third-order valence-electron chi connectivity index (χ3n) is 4.91. The summed E-state index contributed by atoms with van der Waals surface area (Å²) in [7, 11) is 0. The van der Waals surface area contributed by atoms with Gasteiger partial charge in [-0.1, -0.05) is 30.3 Å². The van der Waals surface area contributed by atoms with Crippen molar-refractivity contribution in [2.24, 2.45) is 0 Å². The van der Waals surface area contributed by atoms with Gasteiger partial charge in [-0.05, 0) is 42.8 Å². The maximum absolute atomic E-state index is 12.7. The molecule has 0 saturated carbocycles. The van der Waals surface area contributed by atoms with Crippen LogP contribution in [0.15, 0.2) is 73.1 Å². The van der Waals surface area contributed by atoms with Gasteiger partial charge in [0.1, 0.15) is 5.69 Å². The molecule has 0 aliphatic carbocycles. The van der Waals surface area contributed by atoms with Crippen molar-refractivity contribution >= 4 is 34.1 Å². The Morgan fingerprint density at radius 2 is 1.74 bits per heavy atom. The molecular formula is C23H18N4O4. The molecular weight excluding hydrogens is 396 g/mol. The van der Waals surface area contributed by atoms with Crippen LogP contribution in [0.2, 0.25) is 0 Å². The number of nitro groups is 1. The average Bonchev–Trinajstić information content (AvgIpc) is 3.15. The van der Waals surface area contributed by atoms with Crippen molar-refractivity contribution in [3.8, 4) is 0 Å². The number of fused-ring (bicyclic) bond motifs is 1. The second-order valence-electron chi connectivity index (χ2n) is 7.09. The first-order chi connectivity index (χ1) is 14.9. The molecule has 0 aliphatic heterocycles. The predicted octanol–water partition coefficient (Wildman–Crippen LogP) is 4.39. The first-order valence-corrected chi connectivity index (χ1v) is 9.52. The smallest absolute Gasteiger partial charge is 0.292 e. The van der Waals surface area contributed by atoms with E-state index in [1.165, 1.54) is 30.3 Å². The number of anilines is 1. The molecule has 0 unspecified atom stereocenters. The van der Waals surface area contributed by atoms with Crippen LogP contribution in [-0.2, 0) is 6.54 Å². The summed E-state index contributed by atoms with van der Waals surface area (Å²) in [4.78, 5) is 40.0. The van der Waals surface area contributed by atoms with Crippen LogP contribution < -0.4 is 5.32 Å². The normalized spacial score (nSPS) is 10.7. The summed E-state index contributed by atoms with van der Waals surface area (Å²) in [6.07, 6.45) is 1.64. The Labute approximate surface area is 177 Å². The number of amides is 1. The van der Waals surface area contributed by atoms with Gasteiger partial charge in [-0.2, -0.15) is 0 Å². The zero-order valence-electron chi connectivity index (χ0n) is 16.6. The molecule has 31 heavy (non-hydrogen) atoms. The van der Waals surface area contributed by atoms with E-state index in [0.29, 0.717) is 11.1 Å². The van der Waals surface area contributed by atoms with Gasteiger partial charge in [0, 0.05) is 17.2 Å². The highest BCUT2D eigenvalue weighted by Crippen LogP contribution is 2.24. The number of rotatable bonds is 6. The number of nitrogens with zero attached hydrogens (tertiary/aromatic N) is 3. The van der Waals surface area contributed by atoms with E-state index in [4.69, 9.17) is 0 Å². The average molecular weight is 414 g/mol. The molecule has 154 valence electrons. The van der Waals surface area contributed by atoms with E-state index >= 15 is 0 Å². The Morgan fingerprint density at radius 1 is 1.03 bits per heavy atom. The highest BCUT2D eigenvalue weighted by molar-refractivity contribution is 6.06. The van der Waals surface area contributed by atoms with E-state index in [1.807, 2.05) is 25.1 Å². The molecule has 1 N–H and O–H groups in total. The Kier molecular flexibility index (Phi) is 5.28. The zero-order chi connectivity index (χ0) is 22.0. The van der Waals surface area contributed by atoms with Gasteiger partial charge in [0.2, 0.25) is 0 Å². The van der Waals surface area contributed by atoms with E-state index in [-0.39, 0.29) is 23.7 Å². The molecule has 0 bridgehead atoms. The van der Waals surface area contributed by atoms with E-state index in [1.54, 1.807) is 29.1 Å². The van der Waals surface area contributed by atoms with Gasteiger partial charge in [0.15, 0.2) is 5.78 Å². The fraction of sp³-hybridized carbons (Fsp3) is 0.0870. The number of aromatic nitrogens is 2. The number of ketones is 1. The van der Waals surface area contributed by atoms with Gasteiger partial charge in [-0.15, -0.1) is 0 Å². The molecule has 1 heterocycles. The van der Waals surface area contributed by atoms with Crippen molar-refractivity contribution in [3.05, 3.63) is 99.9 Å². The molecule has 4 rings (SSSR count). The molecule has 3 aromatic carbocycles. The molecule has 0 spiro atoms. The third-order valence-corrected chi connectivity index (χ3v) is 4.91. The molecule has 0 fully saturated rings. The Hall–Kier alpha value is -4.33. The second kappa shape index (κ2) is 8.19. The van der Waals surface area contributed by atoms with Crippen LogP contribution in [0.3, 0.4) is 0 Å². The van der Waals surface area contributed by atoms with E-state index < -0.39 is 10.8 Å². The lowest BCUT2D eigenvalue weighted by atomic mass is 10.1. The number of hydrogen-bond donors (Lipinski definition) is 1. The summed E-state index contributed by atoms with van der Waals surface area (Å²) in [5, 5.41) is 13.6. The van der Waals surface area contributed by atoms with Gasteiger partial charge in [0.05, 0.1) is 28.8 Å². The number of imidazole rings is 1. The first-order valence-electron chi connectivity index (χ1n) is 9.52. The van der Waals surface area contributed by atoms with Crippen molar-refractivity contribution in [3.63, 3.8) is 0 Å². The van der Waals surface area contributed by atoms with Gasteiger partial charge in [-0.25, -0.2) is 4.98 Å². The lowest BCUT2D eigenvalue weighted by Crippen LogP contribution is -2.14. The molecule has 0 aliphatic rings. The van der Waals surface area contributed by atoms with E-state index in [0.717, 1.165) is 16.6 Å². The van der Waals surface area contributed by atoms with Crippen molar-refractivity contribution < 1.29 is 14.5 Å². The molecule has 8 nitrogen and oxygen atoms in total. The van der Waals surface area contributed by atoms with Gasteiger partial charge < -0.3 is 9.88 Å². The maximum Gasteiger partial charge on any atom is 0.292 e. The molecule has 8 heteroatoms. The van der Waals surface area contributed by atoms with Crippen molar-refractivity contribution in [1.29, 1.82) is 0 Å². The van der Waals surface area contributed by atoms with Crippen LogP contribution in [-0.4, -0.2) is 26.2 Å². The summed E-state index contributed by atoms with van der Waals surface area (Å²) in [5.41, 5.74) is 3.47. The topological polar surface area (TPSA) is 107 Å². The first kappa shape index (κ1) is 20.0. The number of nitrogens with one attached hydrogen (secondary N) is 1. The Bertz CT molecular complexity index is 1310. The van der Waals surface area contributed by atoms with Crippen LogP contribution in [0.5, 0.6) is 0 Å². The number of carbonyl (C=O) groups is 2. The van der Waals surface area contributed by atoms with Gasteiger partial charge in [0.25, 0.3) is 11.6 Å². The van der Waals surface area contributed by atoms with Crippen LogP contribution in [0, 0.1) is 17.0 Å². The number of para-hydroxylation sites is 2. The number of hydrogen-bond acceptors (Lipinski definition) is 5. The summed E-state index contributed by atoms with van der Waals surface area (Å²) in [6.45, 7) is 2.11. The van der Waals surface area contributed by atoms with Crippen LogP contribution in [0.25, 0.3) is 11.0 Å². The molecule has 1 amide bonds. The maximum atomic E-state index is 12.7. The lowest BCUT2D eigenvalue weighted by molar-refractivity contribution is -0.383. The van der Waals surface area contributed by atoms with Crippen LogP contribution >= 0.6 is 0 Å². The van der Waals surface area contributed by atoms with Crippen LogP contribution in [0.4, 0.5) is 11.4 Å². The summed E-state index contributed by atoms with van der Waals surface area (Å²) in [6, 6.07) is 17.9. The highest BCUT2D eigenvalue weighted by atomic mass is 16.6. The number of nitro benzene ring substituents is 1. The number of benzene rings is 3. The fourth-order valence-electron chi connectivity index (χ4n) is 3.29. The minimum absolute atomic E-state index is 0.111. The van der Waals surface area contributed by atoms with Gasteiger partial charge in [-0.3, -0.25) is 19.7 Å². The standard InChI is InChI=1S/C23H18N4O4/c1-15-6-11-20-19(12-15)24-14-26(20)13-22(28)16-7-9-17(10-8-16)23(29)25-18-4-2-3-5-21(18)27(30)31/h2-12,14H,13H2,1H3,(H,25,29). The SMILES string of the molecule is Cc1ccc2c(c1)ncn2CC(=O)c1ccc(C(=O)Nc2ccccc2[N+](=O)[O-])cc1. The Morgan fingerprint density at radius 3 is 2.48 bits per heavy atom. The zero-order valence-corrected chi connectivity index (χ0v) is 16.6. The number of aryl methyl sites for hydroxylation is 1. The monoisotopic (exact) mass is 414 g/mol. The predicted molar refractivity (Wildman–Crippen MR) is 116 cm³/mol. The molecule has 4 aromatic rings. The summed E-state index contributed by atoms with van der Waals surface area (Å²) < 4.78 is 1.78. The molecule has 1 aromatic heterocycles. The summed E-state index contributed by atoms with van der Waals surface area (Å²) >= 11 is 0.